The van der Waals surface area contributed by atoms with Crippen molar-refractivity contribution in [2.24, 2.45) is 5.73 Å². The Morgan fingerprint density at radius 3 is 2.42 bits per heavy atom. The number of anilines is 1. The number of halogens is 3. The third kappa shape index (κ3) is 5.96. The van der Waals surface area contributed by atoms with Crippen molar-refractivity contribution in [1.82, 2.24) is 24.4 Å². The number of nitrogens with zero attached hydrogens (tertiary/aromatic N) is 5. The molecule has 226 valence electrons. The summed E-state index contributed by atoms with van der Waals surface area (Å²) in [6, 6.07) is 12.3. The van der Waals surface area contributed by atoms with E-state index >= 15 is 0 Å². The number of nitrogens with one attached hydrogen (secondary N) is 1. The number of ether oxygens (including phenoxy) is 1. The second-order valence-corrected chi connectivity index (χ2v) is 10.1. The normalized spacial score (nSPS) is 15.0. The molecular weight excluding hydrogens is 567 g/mol. The third-order valence-electron chi connectivity index (χ3n) is 7.50. The smallest absolute Gasteiger partial charge is 0.433 e. The number of urea groups is 1. The number of benzene rings is 2. The molecule has 1 aliphatic rings. The van der Waals surface area contributed by atoms with Gasteiger partial charge in [-0.2, -0.15) is 18.3 Å². The van der Waals surface area contributed by atoms with E-state index in [0.29, 0.717) is 34.6 Å². The molecule has 11 nitrogen and oxygen atoms in total. The first-order valence-corrected chi connectivity index (χ1v) is 13.4. The molecule has 43 heavy (non-hydrogen) atoms. The number of amides is 3. The van der Waals surface area contributed by atoms with Crippen LogP contribution in [0.1, 0.15) is 33.2 Å². The van der Waals surface area contributed by atoms with Gasteiger partial charge in [-0.15, -0.1) is 0 Å². The van der Waals surface area contributed by atoms with E-state index in [9.17, 15) is 27.9 Å². The number of primary amides is 1. The molecule has 0 radical (unpaired) electrons. The first kappa shape index (κ1) is 29.8. The second-order valence-electron chi connectivity index (χ2n) is 10.1. The summed E-state index contributed by atoms with van der Waals surface area (Å²) in [7, 11) is 1.49. The van der Waals surface area contributed by atoms with Crippen molar-refractivity contribution < 1.29 is 32.6 Å². The molecule has 3 heterocycles. The molecule has 4 N–H and O–H groups in total. The van der Waals surface area contributed by atoms with E-state index in [-0.39, 0.29) is 42.2 Å². The molecular formula is C29H30F3N7O4. The predicted octanol–water partition coefficient (Wildman–Crippen LogP) is 3.71. The Balaban J connectivity index is 1.41. The average molecular weight is 598 g/mol. The van der Waals surface area contributed by atoms with Gasteiger partial charge < -0.3 is 25.8 Å². The van der Waals surface area contributed by atoms with Crippen molar-refractivity contribution in [3.8, 4) is 17.0 Å². The minimum atomic E-state index is -4.76. The lowest BCUT2D eigenvalue weighted by Gasteiger charge is -2.38. The molecule has 1 aliphatic heterocycles. The van der Waals surface area contributed by atoms with Crippen molar-refractivity contribution in [2.75, 3.05) is 45.2 Å². The lowest BCUT2D eigenvalue weighted by atomic mass is 10.0. The predicted molar refractivity (Wildman–Crippen MR) is 152 cm³/mol. The Morgan fingerprint density at radius 1 is 1.12 bits per heavy atom. The van der Waals surface area contributed by atoms with Crippen LogP contribution in [0.4, 0.5) is 23.7 Å². The van der Waals surface area contributed by atoms with Crippen LogP contribution in [-0.2, 0) is 6.18 Å². The molecule has 0 aliphatic carbocycles. The number of piperazine rings is 1. The van der Waals surface area contributed by atoms with Crippen molar-refractivity contribution in [3.05, 3.63) is 77.1 Å². The Labute approximate surface area is 244 Å². The lowest BCUT2D eigenvalue weighted by molar-refractivity contribution is -0.143. The van der Waals surface area contributed by atoms with E-state index in [1.807, 2.05) is 11.0 Å². The van der Waals surface area contributed by atoms with Gasteiger partial charge >= 0.3 is 12.2 Å². The fourth-order valence-corrected chi connectivity index (χ4v) is 5.39. The number of aromatic nitrogens is 3. The van der Waals surface area contributed by atoms with E-state index in [1.165, 1.54) is 18.9 Å². The zero-order chi connectivity index (χ0) is 30.9. The Bertz CT molecular complexity index is 1650. The molecule has 1 fully saturated rings. The van der Waals surface area contributed by atoms with Gasteiger partial charge in [0.05, 0.1) is 31.6 Å². The zero-order valence-corrected chi connectivity index (χ0v) is 23.4. The number of fused-ring (bicyclic) bond motifs is 1. The zero-order valence-electron chi connectivity index (χ0n) is 23.4. The van der Waals surface area contributed by atoms with E-state index in [0.717, 1.165) is 11.8 Å². The Morgan fingerprint density at radius 2 is 1.81 bits per heavy atom. The highest BCUT2D eigenvalue weighted by Crippen LogP contribution is 2.37. The van der Waals surface area contributed by atoms with Crippen LogP contribution < -0.4 is 15.8 Å². The van der Waals surface area contributed by atoms with Gasteiger partial charge in [0.1, 0.15) is 11.3 Å². The highest BCUT2D eigenvalue weighted by molar-refractivity contribution is 6.00. The first-order chi connectivity index (χ1) is 20.5. The van der Waals surface area contributed by atoms with Crippen molar-refractivity contribution in [2.45, 2.75) is 19.1 Å². The van der Waals surface area contributed by atoms with Gasteiger partial charge in [-0.1, -0.05) is 12.1 Å². The molecule has 5 rings (SSSR count). The Kier molecular flexibility index (Phi) is 8.24. The highest BCUT2D eigenvalue weighted by atomic mass is 19.4. The number of nitrogens with two attached hydrogens (primary N) is 1. The van der Waals surface area contributed by atoms with Gasteiger partial charge in [0.15, 0.2) is 11.3 Å². The minimum Gasteiger partial charge on any atom is -0.497 e. The largest absolute Gasteiger partial charge is 0.497 e. The van der Waals surface area contributed by atoms with E-state index in [4.69, 9.17) is 10.5 Å². The number of hydrogen-bond donors (Lipinski definition) is 3. The SMILES string of the molecule is COc1ccc(-c2nc3c(C(=O)N4CCN([C@@H](CO)c5cccc(NC(N)=O)c5)CC4)cnn3c(C(F)(F)F)c2C)cc1. The van der Waals surface area contributed by atoms with Crippen molar-refractivity contribution in [3.63, 3.8) is 0 Å². The maximum absolute atomic E-state index is 14.3. The maximum Gasteiger partial charge on any atom is 0.433 e. The lowest BCUT2D eigenvalue weighted by Crippen LogP contribution is -2.50. The van der Waals surface area contributed by atoms with Gasteiger partial charge in [0.25, 0.3) is 5.91 Å². The van der Waals surface area contributed by atoms with Gasteiger partial charge in [-0.3, -0.25) is 9.69 Å². The molecule has 2 aromatic heterocycles. The number of carbonyl (C=O) groups is 2. The second kappa shape index (κ2) is 11.9. The molecule has 0 spiro atoms. The Hall–Kier alpha value is -4.69. The van der Waals surface area contributed by atoms with Gasteiger partial charge in [-0.05, 0) is 48.9 Å². The molecule has 2 aromatic carbocycles. The summed E-state index contributed by atoms with van der Waals surface area (Å²) in [4.78, 5) is 32.9. The summed E-state index contributed by atoms with van der Waals surface area (Å²) in [5.41, 5.74) is 5.61. The van der Waals surface area contributed by atoms with Crippen molar-refractivity contribution >= 4 is 23.3 Å². The highest BCUT2D eigenvalue weighted by Gasteiger charge is 2.39. The molecule has 1 atom stereocenters. The third-order valence-corrected chi connectivity index (χ3v) is 7.50. The quantitative estimate of drug-likeness (QED) is 0.295. The van der Waals surface area contributed by atoms with Crippen LogP contribution in [0.15, 0.2) is 54.7 Å². The van der Waals surface area contributed by atoms with E-state index in [2.05, 4.69) is 15.4 Å². The van der Waals surface area contributed by atoms with E-state index in [1.54, 1.807) is 42.5 Å². The molecule has 1 saturated heterocycles. The van der Waals surface area contributed by atoms with Crippen molar-refractivity contribution in [1.29, 1.82) is 0 Å². The number of carbonyl (C=O) groups excluding carboxylic acids is 2. The number of hydrogen-bond acceptors (Lipinski definition) is 7. The number of aliphatic hydroxyl groups excluding tert-OH is 1. The molecule has 14 heteroatoms. The number of alkyl halides is 3. The summed E-state index contributed by atoms with van der Waals surface area (Å²) >= 11 is 0. The summed E-state index contributed by atoms with van der Waals surface area (Å²) < 4.78 is 48.7. The fourth-order valence-electron chi connectivity index (χ4n) is 5.39. The van der Waals surface area contributed by atoms with Gasteiger partial charge in [0.2, 0.25) is 0 Å². The first-order valence-electron chi connectivity index (χ1n) is 13.4. The van der Waals surface area contributed by atoms with E-state index < -0.39 is 29.9 Å². The number of methoxy groups -OCH3 is 1. The molecule has 0 bridgehead atoms. The summed E-state index contributed by atoms with van der Waals surface area (Å²) in [5, 5.41) is 16.6. The van der Waals surface area contributed by atoms with Crippen LogP contribution in [0.2, 0.25) is 0 Å². The maximum atomic E-state index is 14.3. The number of aliphatic hydroxyl groups is 1. The number of rotatable bonds is 7. The molecule has 4 aromatic rings. The minimum absolute atomic E-state index is 0.0438. The molecule has 3 amide bonds. The van der Waals surface area contributed by atoms with Crippen LogP contribution >= 0.6 is 0 Å². The van der Waals surface area contributed by atoms with Gasteiger partial charge in [-0.25, -0.2) is 14.3 Å². The van der Waals surface area contributed by atoms with Crippen LogP contribution in [0.25, 0.3) is 16.9 Å². The van der Waals surface area contributed by atoms with Gasteiger partial charge in [0, 0.05) is 43.0 Å². The average Bonchev–Trinajstić information content (AvgIpc) is 3.39. The van der Waals surface area contributed by atoms with Crippen LogP contribution in [0.3, 0.4) is 0 Å². The monoisotopic (exact) mass is 597 g/mol. The standard InChI is InChI=1S/C29H30F3N7O4/c1-17-24(18-6-8-21(43-2)9-7-18)36-26-22(15-34-39(26)25(17)29(30,31)32)27(41)38-12-10-37(11-13-38)23(16-40)19-4-3-5-20(14-19)35-28(33)42/h3-9,14-15,23,40H,10-13,16H2,1-2H3,(H3,33,35,42)/t23-/m0/s1. The summed E-state index contributed by atoms with van der Waals surface area (Å²) in [6.07, 6.45) is -3.63. The van der Waals surface area contributed by atoms with Crippen LogP contribution in [-0.4, -0.2) is 81.3 Å². The summed E-state index contributed by atoms with van der Waals surface area (Å²) in [6.45, 7) is 2.42. The summed E-state index contributed by atoms with van der Waals surface area (Å²) in [5.74, 6) is 0.0457. The molecule has 0 unspecified atom stereocenters. The van der Waals surface area contributed by atoms with Crippen LogP contribution in [0.5, 0.6) is 5.75 Å². The van der Waals surface area contributed by atoms with Crippen LogP contribution in [0, 0.1) is 6.92 Å². The topological polar surface area (TPSA) is 138 Å². The fraction of sp³-hybridized carbons (Fsp3) is 0.310. The molecule has 0 saturated carbocycles.